The summed E-state index contributed by atoms with van der Waals surface area (Å²) in [5.41, 5.74) is 9.88. The lowest BCUT2D eigenvalue weighted by atomic mass is 10.0. The van der Waals surface area contributed by atoms with Gasteiger partial charge in [0.25, 0.3) is 0 Å². The average Bonchev–Trinajstić information content (AvgIpc) is 3.21. The molecule has 0 aromatic carbocycles. The number of carbonyl (C=O) groups excluding carboxylic acids is 1. The van der Waals surface area contributed by atoms with Crippen LogP contribution in [0.5, 0.6) is 0 Å². The number of piperazine rings is 1. The van der Waals surface area contributed by atoms with Gasteiger partial charge in [-0.05, 0) is 60.1 Å². The van der Waals surface area contributed by atoms with Crippen LogP contribution in [0.2, 0.25) is 0 Å². The number of hydrogen-bond acceptors (Lipinski definition) is 9. The molecule has 4 rings (SSSR count). The minimum absolute atomic E-state index is 0.0115. The number of nitrogens with zero attached hydrogens (tertiary/aromatic N) is 7. The molecule has 0 aliphatic carbocycles. The fourth-order valence-electron chi connectivity index (χ4n) is 5.11. The molecule has 1 fully saturated rings. The molecule has 3 atom stereocenters. The molecule has 1 amide bonds. The third-order valence-electron chi connectivity index (χ3n) is 7.11. The van der Waals surface area contributed by atoms with Crippen LogP contribution in [0.1, 0.15) is 71.0 Å². The van der Waals surface area contributed by atoms with Crippen molar-refractivity contribution in [1.82, 2.24) is 24.4 Å². The molecule has 0 spiro atoms. The summed E-state index contributed by atoms with van der Waals surface area (Å²) >= 11 is 0. The second-order valence-corrected chi connectivity index (χ2v) is 11.3. The summed E-state index contributed by atoms with van der Waals surface area (Å²) in [7, 11) is 2.00. The lowest BCUT2D eigenvalue weighted by molar-refractivity contribution is 0.0106. The van der Waals surface area contributed by atoms with Crippen molar-refractivity contribution < 1.29 is 9.53 Å². The third kappa shape index (κ3) is 5.70. The van der Waals surface area contributed by atoms with E-state index in [2.05, 4.69) is 50.7 Å². The molecule has 0 bridgehead atoms. The zero-order chi connectivity index (χ0) is 28.6. The quantitative estimate of drug-likeness (QED) is 0.484. The van der Waals surface area contributed by atoms with Crippen molar-refractivity contribution in [3.05, 3.63) is 35.3 Å². The van der Waals surface area contributed by atoms with Crippen molar-refractivity contribution in [3.8, 4) is 6.07 Å². The maximum absolute atomic E-state index is 13.1. The van der Waals surface area contributed by atoms with Gasteiger partial charge < -0.3 is 30.2 Å². The molecule has 0 radical (unpaired) electrons. The molecular weight excluding hydrogens is 494 g/mol. The molecule has 1 saturated heterocycles. The van der Waals surface area contributed by atoms with E-state index >= 15 is 0 Å². The van der Waals surface area contributed by atoms with Gasteiger partial charge in [0, 0.05) is 32.4 Å². The summed E-state index contributed by atoms with van der Waals surface area (Å²) in [4.78, 5) is 30.7. The van der Waals surface area contributed by atoms with Gasteiger partial charge in [0.2, 0.25) is 5.95 Å². The molecule has 3 aromatic heterocycles. The van der Waals surface area contributed by atoms with Crippen LogP contribution in [0, 0.1) is 18.3 Å². The van der Waals surface area contributed by atoms with E-state index in [1.54, 1.807) is 6.92 Å². The maximum Gasteiger partial charge on any atom is 0.410 e. The van der Waals surface area contributed by atoms with Crippen LogP contribution in [0.15, 0.2) is 18.3 Å². The van der Waals surface area contributed by atoms with E-state index in [4.69, 9.17) is 15.5 Å². The van der Waals surface area contributed by atoms with E-state index in [0.29, 0.717) is 30.2 Å². The van der Waals surface area contributed by atoms with Crippen LogP contribution >= 0.6 is 0 Å². The fourth-order valence-corrected chi connectivity index (χ4v) is 5.11. The predicted octanol–water partition coefficient (Wildman–Crippen LogP) is 4.52. The number of hydrogen-bond donors (Lipinski definition) is 2. The Labute approximate surface area is 230 Å². The van der Waals surface area contributed by atoms with Gasteiger partial charge in [0.05, 0.1) is 40.2 Å². The van der Waals surface area contributed by atoms with Gasteiger partial charge in [-0.15, -0.1) is 0 Å². The Morgan fingerprint density at radius 1 is 1.31 bits per heavy atom. The summed E-state index contributed by atoms with van der Waals surface area (Å²) in [6.45, 7) is 14.8. The number of nitrogens with one attached hydrogen (secondary N) is 1. The van der Waals surface area contributed by atoms with E-state index in [1.165, 1.54) is 0 Å². The number of fused-ring (bicyclic) bond motifs is 1. The van der Waals surface area contributed by atoms with Crippen molar-refractivity contribution >= 4 is 34.6 Å². The topological polar surface area (TPSA) is 138 Å². The van der Waals surface area contributed by atoms with Crippen molar-refractivity contribution in [2.24, 2.45) is 7.05 Å². The van der Waals surface area contributed by atoms with E-state index in [1.807, 2.05) is 51.9 Å². The first kappa shape index (κ1) is 28.0. The van der Waals surface area contributed by atoms with E-state index in [9.17, 15) is 10.1 Å². The summed E-state index contributed by atoms with van der Waals surface area (Å²) < 4.78 is 7.78. The van der Waals surface area contributed by atoms with Crippen LogP contribution in [-0.2, 0) is 11.8 Å². The van der Waals surface area contributed by atoms with Crippen molar-refractivity contribution in [3.63, 3.8) is 0 Å². The molecule has 1 aliphatic heterocycles. The Hall–Kier alpha value is -4.07. The Morgan fingerprint density at radius 2 is 2.03 bits per heavy atom. The molecule has 0 saturated carbocycles. The summed E-state index contributed by atoms with van der Waals surface area (Å²) in [5.74, 6) is 0.482. The van der Waals surface area contributed by atoms with Gasteiger partial charge in [0.15, 0.2) is 0 Å². The molecule has 1 aliphatic rings. The molecular formula is C28H39N9O2. The van der Waals surface area contributed by atoms with Crippen molar-refractivity contribution in [2.45, 2.75) is 78.6 Å². The number of nitrogens with two attached hydrogens (primary N) is 1. The van der Waals surface area contributed by atoms with Gasteiger partial charge >= 0.3 is 6.09 Å². The second kappa shape index (κ2) is 10.6. The van der Waals surface area contributed by atoms with Gasteiger partial charge in [-0.3, -0.25) is 0 Å². The number of amides is 1. The second-order valence-electron chi connectivity index (χ2n) is 11.3. The number of anilines is 3. The fraction of sp³-hybridized carbons (Fsp3) is 0.536. The minimum Gasteiger partial charge on any atom is -0.444 e. The summed E-state index contributed by atoms with van der Waals surface area (Å²) in [6, 6.07) is 6.02. The maximum atomic E-state index is 13.1. The predicted molar refractivity (Wildman–Crippen MR) is 152 cm³/mol. The number of aromatic nitrogens is 4. The van der Waals surface area contributed by atoms with E-state index < -0.39 is 5.60 Å². The van der Waals surface area contributed by atoms with E-state index in [0.717, 1.165) is 28.8 Å². The van der Waals surface area contributed by atoms with Gasteiger partial charge in [-0.25, -0.2) is 14.8 Å². The number of aryl methyl sites for hydroxylation is 2. The largest absolute Gasteiger partial charge is 0.444 e. The molecule has 3 N–H and O–H groups in total. The first-order chi connectivity index (χ1) is 18.3. The number of carbonyl (C=O) groups is 1. The highest BCUT2D eigenvalue weighted by Gasteiger charge is 2.37. The standard InChI is InChI=1S/C28H39N9O2/c1-9-19-15-36(16(2)14-37(19)27(38)39-28(5,6)7)23-12-22-21(10-11-35(22)8)33-24(23)18(4)31-25-20(13-29)17(3)32-26(30)34-25/h10-12,16,18-19H,9,14-15H2,1-8H3,(H3,30,31,32,34)/t16-,18-,19-/m0/s1. The van der Waals surface area contributed by atoms with Crippen LogP contribution in [-0.4, -0.2) is 61.3 Å². The molecule has 208 valence electrons. The Kier molecular flexibility index (Phi) is 7.59. The molecule has 11 nitrogen and oxygen atoms in total. The Balaban J connectivity index is 1.74. The van der Waals surface area contributed by atoms with Crippen LogP contribution in [0.4, 0.5) is 22.2 Å². The lowest BCUT2D eigenvalue weighted by Crippen LogP contribution is -2.60. The highest BCUT2D eigenvalue weighted by Crippen LogP contribution is 2.35. The highest BCUT2D eigenvalue weighted by atomic mass is 16.6. The van der Waals surface area contributed by atoms with Gasteiger partial charge in [-0.1, -0.05) is 6.92 Å². The van der Waals surface area contributed by atoms with Crippen LogP contribution in [0.25, 0.3) is 11.0 Å². The molecule has 0 unspecified atom stereocenters. The number of rotatable bonds is 5. The smallest absolute Gasteiger partial charge is 0.410 e. The number of nitrogen functional groups attached to an aromatic ring is 1. The lowest BCUT2D eigenvalue weighted by Gasteiger charge is -2.46. The highest BCUT2D eigenvalue weighted by molar-refractivity contribution is 5.81. The zero-order valence-electron chi connectivity index (χ0n) is 24.1. The third-order valence-corrected chi connectivity index (χ3v) is 7.11. The molecule has 11 heteroatoms. The van der Waals surface area contributed by atoms with Crippen LogP contribution in [0.3, 0.4) is 0 Å². The zero-order valence-corrected chi connectivity index (χ0v) is 24.1. The SMILES string of the molecule is CC[C@H]1CN(c2cc3c(ccn3C)nc2[C@H](C)Nc2nc(N)nc(C)c2C#N)[C@@H](C)CN1C(=O)OC(C)(C)C. The van der Waals surface area contributed by atoms with Crippen LogP contribution < -0.4 is 16.0 Å². The monoisotopic (exact) mass is 533 g/mol. The number of ether oxygens (including phenoxy) is 1. The molecule has 3 aromatic rings. The van der Waals surface area contributed by atoms with E-state index in [-0.39, 0.29) is 30.2 Å². The number of nitriles is 1. The summed E-state index contributed by atoms with van der Waals surface area (Å²) in [5, 5.41) is 13.1. The normalized spacial score (nSPS) is 18.6. The molecule has 39 heavy (non-hydrogen) atoms. The Morgan fingerprint density at radius 3 is 2.67 bits per heavy atom. The molecule has 4 heterocycles. The average molecular weight is 534 g/mol. The Bertz CT molecular complexity index is 1420. The first-order valence-electron chi connectivity index (χ1n) is 13.4. The van der Waals surface area contributed by atoms with Crippen molar-refractivity contribution in [1.29, 1.82) is 5.26 Å². The van der Waals surface area contributed by atoms with Crippen molar-refractivity contribution in [2.75, 3.05) is 29.0 Å². The number of pyridine rings is 1. The first-order valence-corrected chi connectivity index (χ1v) is 13.4. The summed E-state index contributed by atoms with van der Waals surface area (Å²) in [6.07, 6.45) is 2.49. The van der Waals surface area contributed by atoms with Gasteiger partial charge in [0.1, 0.15) is 23.1 Å². The van der Waals surface area contributed by atoms with Gasteiger partial charge in [-0.2, -0.15) is 10.2 Å². The minimum atomic E-state index is -0.559.